The van der Waals surface area contributed by atoms with Crippen molar-refractivity contribution in [3.63, 3.8) is 0 Å². The van der Waals surface area contributed by atoms with Gasteiger partial charge in [-0.25, -0.2) is 0 Å². The Morgan fingerprint density at radius 1 is 1.40 bits per heavy atom. The highest BCUT2D eigenvalue weighted by atomic mass is 16.5. The molecule has 0 saturated heterocycles. The Hall–Kier alpha value is -0.990. The molecule has 0 fully saturated rings. The van der Waals surface area contributed by atoms with Gasteiger partial charge in [-0.1, -0.05) is 39.8 Å². The first-order chi connectivity index (χ1) is 6.88. The van der Waals surface area contributed by atoms with Crippen LogP contribution in [0, 0.1) is 5.92 Å². The lowest BCUT2D eigenvalue weighted by atomic mass is 9.82. The van der Waals surface area contributed by atoms with Gasteiger partial charge in [-0.05, 0) is 18.8 Å². The van der Waals surface area contributed by atoms with Crippen LogP contribution in [0.4, 0.5) is 5.88 Å². The van der Waals surface area contributed by atoms with E-state index >= 15 is 0 Å². The minimum atomic E-state index is 0.0470. The molecular formula is C12H22N2O. The van der Waals surface area contributed by atoms with E-state index in [1.807, 2.05) is 0 Å². The second-order valence-corrected chi connectivity index (χ2v) is 5.21. The minimum absolute atomic E-state index is 0.0470. The lowest BCUT2D eigenvalue weighted by molar-refractivity contribution is 0.391. The predicted octanol–water partition coefficient (Wildman–Crippen LogP) is 3.14. The van der Waals surface area contributed by atoms with E-state index in [4.69, 9.17) is 10.3 Å². The number of nitrogens with two attached hydrogens (primary N) is 1. The number of anilines is 1. The number of aromatic nitrogens is 1. The van der Waals surface area contributed by atoms with Gasteiger partial charge in [0.25, 0.3) is 0 Å². The molecule has 0 bridgehead atoms. The van der Waals surface area contributed by atoms with E-state index in [9.17, 15) is 0 Å². The fourth-order valence-electron chi connectivity index (χ4n) is 1.63. The van der Waals surface area contributed by atoms with Crippen molar-refractivity contribution in [2.45, 2.75) is 52.9 Å². The molecule has 0 atom stereocenters. The molecule has 0 aliphatic carbocycles. The molecule has 0 saturated carbocycles. The van der Waals surface area contributed by atoms with Crippen molar-refractivity contribution in [2.75, 3.05) is 5.73 Å². The minimum Gasteiger partial charge on any atom is -0.367 e. The van der Waals surface area contributed by atoms with Crippen LogP contribution in [0.1, 0.15) is 52.3 Å². The predicted molar refractivity (Wildman–Crippen MR) is 62.8 cm³/mol. The second-order valence-electron chi connectivity index (χ2n) is 5.21. The van der Waals surface area contributed by atoms with E-state index in [0.717, 1.165) is 24.1 Å². The Morgan fingerprint density at radius 2 is 2.00 bits per heavy atom. The van der Waals surface area contributed by atoms with Gasteiger partial charge >= 0.3 is 0 Å². The molecular weight excluding hydrogens is 188 g/mol. The van der Waals surface area contributed by atoms with Gasteiger partial charge in [0.15, 0.2) is 0 Å². The summed E-state index contributed by atoms with van der Waals surface area (Å²) >= 11 is 0. The van der Waals surface area contributed by atoms with Gasteiger partial charge < -0.3 is 10.3 Å². The molecule has 1 aromatic rings. The van der Waals surface area contributed by atoms with Gasteiger partial charge in [-0.15, -0.1) is 0 Å². The number of nitrogens with zero attached hydrogens (tertiary/aromatic N) is 1. The largest absolute Gasteiger partial charge is 0.367 e. The summed E-state index contributed by atoms with van der Waals surface area (Å²) in [6.45, 7) is 10.9. The summed E-state index contributed by atoms with van der Waals surface area (Å²) in [4.78, 5) is 0. The fourth-order valence-corrected chi connectivity index (χ4v) is 1.63. The van der Waals surface area contributed by atoms with E-state index in [2.05, 4.69) is 39.8 Å². The van der Waals surface area contributed by atoms with E-state index in [-0.39, 0.29) is 5.41 Å². The zero-order valence-electron chi connectivity index (χ0n) is 10.4. The third kappa shape index (κ3) is 2.52. The highest BCUT2D eigenvalue weighted by Crippen LogP contribution is 2.32. The summed E-state index contributed by atoms with van der Waals surface area (Å²) in [5.74, 6) is 1.05. The summed E-state index contributed by atoms with van der Waals surface area (Å²) in [5.41, 5.74) is 7.98. The van der Waals surface area contributed by atoms with Crippen molar-refractivity contribution >= 4 is 5.88 Å². The maximum Gasteiger partial charge on any atom is 0.225 e. The molecule has 3 heteroatoms. The molecule has 1 heterocycles. The van der Waals surface area contributed by atoms with Crippen molar-refractivity contribution in [1.82, 2.24) is 5.16 Å². The molecule has 1 aromatic heterocycles. The molecule has 86 valence electrons. The van der Waals surface area contributed by atoms with Gasteiger partial charge in [0, 0.05) is 11.0 Å². The van der Waals surface area contributed by atoms with Crippen LogP contribution in [-0.4, -0.2) is 5.16 Å². The fraction of sp³-hybridized carbons (Fsp3) is 0.750. The topological polar surface area (TPSA) is 52.0 Å². The lowest BCUT2D eigenvalue weighted by Gasteiger charge is -2.21. The molecule has 0 aromatic carbocycles. The Bertz CT molecular complexity index is 326. The average Bonchev–Trinajstić information content (AvgIpc) is 2.48. The molecule has 0 amide bonds. The van der Waals surface area contributed by atoms with Crippen LogP contribution in [0.3, 0.4) is 0 Å². The third-order valence-electron chi connectivity index (χ3n) is 2.96. The van der Waals surface area contributed by atoms with Gasteiger partial charge in [0.2, 0.25) is 5.88 Å². The highest BCUT2D eigenvalue weighted by molar-refractivity contribution is 5.42. The summed E-state index contributed by atoms with van der Waals surface area (Å²) in [6, 6.07) is 0. The first-order valence-corrected chi connectivity index (χ1v) is 5.63. The zero-order valence-corrected chi connectivity index (χ0v) is 10.4. The molecule has 1 rings (SSSR count). The second kappa shape index (κ2) is 4.25. The van der Waals surface area contributed by atoms with Crippen LogP contribution in [0.2, 0.25) is 0 Å². The van der Waals surface area contributed by atoms with Gasteiger partial charge in [0.1, 0.15) is 0 Å². The van der Waals surface area contributed by atoms with Crippen LogP contribution >= 0.6 is 0 Å². The summed E-state index contributed by atoms with van der Waals surface area (Å²) in [7, 11) is 0. The van der Waals surface area contributed by atoms with Crippen LogP contribution < -0.4 is 5.73 Å². The van der Waals surface area contributed by atoms with E-state index in [1.54, 1.807) is 0 Å². The maximum atomic E-state index is 5.81. The van der Waals surface area contributed by atoms with Crippen molar-refractivity contribution in [2.24, 2.45) is 5.92 Å². The smallest absolute Gasteiger partial charge is 0.225 e. The Labute approximate surface area is 92.0 Å². The summed E-state index contributed by atoms with van der Waals surface area (Å²) in [5, 5.41) is 4.11. The Kier molecular flexibility index (Phi) is 3.42. The van der Waals surface area contributed by atoms with Crippen LogP contribution in [0.15, 0.2) is 4.52 Å². The Morgan fingerprint density at radius 3 is 2.47 bits per heavy atom. The normalized spacial score (nSPS) is 12.4. The Balaban J connectivity index is 3.08. The lowest BCUT2D eigenvalue weighted by Crippen LogP contribution is -2.19. The number of rotatable bonds is 4. The molecule has 0 aliphatic rings. The van der Waals surface area contributed by atoms with Crippen molar-refractivity contribution in [3.8, 4) is 0 Å². The monoisotopic (exact) mass is 210 g/mol. The molecule has 2 N–H and O–H groups in total. The number of hydrogen-bond acceptors (Lipinski definition) is 3. The quantitative estimate of drug-likeness (QED) is 0.830. The van der Waals surface area contributed by atoms with Gasteiger partial charge in [-0.2, -0.15) is 0 Å². The molecule has 0 aliphatic heterocycles. The van der Waals surface area contributed by atoms with Gasteiger partial charge in [0.05, 0.1) is 5.69 Å². The van der Waals surface area contributed by atoms with Crippen molar-refractivity contribution in [3.05, 3.63) is 11.3 Å². The first kappa shape index (κ1) is 12.1. The maximum absolute atomic E-state index is 5.81. The highest BCUT2D eigenvalue weighted by Gasteiger charge is 2.27. The summed E-state index contributed by atoms with van der Waals surface area (Å²) < 4.78 is 5.11. The van der Waals surface area contributed by atoms with E-state index in [1.165, 1.54) is 0 Å². The number of hydrogen-bond donors (Lipinski definition) is 1. The van der Waals surface area contributed by atoms with Crippen LogP contribution in [-0.2, 0) is 11.8 Å². The molecule has 0 unspecified atom stereocenters. The van der Waals surface area contributed by atoms with Crippen molar-refractivity contribution in [1.29, 1.82) is 0 Å². The SMILES string of the molecule is CCC(C)(C)c1noc(N)c1CC(C)C. The molecule has 3 nitrogen and oxygen atoms in total. The molecule has 15 heavy (non-hydrogen) atoms. The standard InChI is InChI=1S/C12H22N2O/c1-6-12(4,5)10-9(7-8(2)3)11(13)15-14-10/h8H,6-7,13H2,1-5H3. The zero-order chi connectivity index (χ0) is 11.6. The van der Waals surface area contributed by atoms with E-state index < -0.39 is 0 Å². The third-order valence-corrected chi connectivity index (χ3v) is 2.96. The van der Waals surface area contributed by atoms with Crippen molar-refractivity contribution < 1.29 is 4.52 Å². The van der Waals surface area contributed by atoms with Crippen LogP contribution in [0.25, 0.3) is 0 Å². The van der Waals surface area contributed by atoms with E-state index in [0.29, 0.717) is 11.8 Å². The first-order valence-electron chi connectivity index (χ1n) is 5.63. The molecule has 0 radical (unpaired) electrons. The number of nitrogen functional groups attached to an aromatic ring is 1. The summed E-state index contributed by atoms with van der Waals surface area (Å²) in [6.07, 6.45) is 1.97. The average molecular weight is 210 g/mol. The van der Waals surface area contributed by atoms with Crippen LogP contribution in [0.5, 0.6) is 0 Å². The van der Waals surface area contributed by atoms with Gasteiger partial charge in [-0.3, -0.25) is 0 Å². The molecule has 0 spiro atoms.